The van der Waals surface area contributed by atoms with Gasteiger partial charge in [-0.15, -0.1) is 0 Å². The first-order valence-corrected chi connectivity index (χ1v) is 5.84. The Hall–Kier alpha value is -1.30. The van der Waals surface area contributed by atoms with Crippen molar-refractivity contribution in [1.29, 1.82) is 0 Å². The van der Waals surface area contributed by atoms with Gasteiger partial charge in [-0.1, -0.05) is 24.0 Å². The number of aliphatic hydroxyl groups excluding tert-OH is 1. The molecule has 0 saturated heterocycles. The molecule has 0 radical (unpaired) electrons. The number of hydrogen-bond donors (Lipinski definition) is 1. The van der Waals surface area contributed by atoms with E-state index in [4.69, 9.17) is 9.84 Å². The first kappa shape index (κ1) is 13.8. The zero-order chi connectivity index (χ0) is 12.7. The van der Waals surface area contributed by atoms with Crippen LogP contribution in [0.4, 0.5) is 0 Å². The highest BCUT2D eigenvalue weighted by Gasteiger charge is 2.09. The predicted octanol–water partition coefficient (Wildman–Crippen LogP) is 2.74. The van der Waals surface area contributed by atoms with E-state index in [2.05, 4.69) is 11.8 Å². The Bertz CT molecular complexity index is 405. The monoisotopic (exact) mass is 232 g/mol. The van der Waals surface area contributed by atoms with E-state index < -0.39 is 0 Å². The predicted molar refractivity (Wildman–Crippen MR) is 69.6 cm³/mol. The van der Waals surface area contributed by atoms with Gasteiger partial charge in [-0.25, -0.2) is 0 Å². The summed E-state index contributed by atoms with van der Waals surface area (Å²) in [6, 6.07) is 7.99. The molecule has 0 heterocycles. The van der Waals surface area contributed by atoms with Crippen LogP contribution in [-0.4, -0.2) is 17.3 Å². The zero-order valence-corrected chi connectivity index (χ0v) is 10.8. The topological polar surface area (TPSA) is 29.5 Å². The van der Waals surface area contributed by atoms with Crippen molar-refractivity contribution >= 4 is 0 Å². The fourth-order valence-electron chi connectivity index (χ4n) is 1.26. The maximum atomic E-state index is 8.65. The average Bonchev–Trinajstić information content (AvgIpc) is 2.27. The molecular weight excluding hydrogens is 212 g/mol. The van der Waals surface area contributed by atoms with Gasteiger partial charge in [-0.2, -0.15) is 0 Å². The van der Waals surface area contributed by atoms with Crippen LogP contribution in [0.3, 0.4) is 0 Å². The molecule has 0 bridgehead atoms. The van der Waals surface area contributed by atoms with Crippen molar-refractivity contribution in [2.24, 2.45) is 0 Å². The first-order chi connectivity index (χ1) is 8.01. The van der Waals surface area contributed by atoms with Gasteiger partial charge in [0.2, 0.25) is 0 Å². The van der Waals surface area contributed by atoms with E-state index in [1.54, 1.807) is 0 Å². The highest BCUT2D eigenvalue weighted by Crippen LogP contribution is 2.12. The Kier molecular flexibility index (Phi) is 5.21. The number of rotatable bonds is 3. The normalized spacial score (nSPS) is 10.8. The Labute approximate surface area is 104 Å². The second kappa shape index (κ2) is 6.44. The molecule has 0 saturated carbocycles. The lowest BCUT2D eigenvalue weighted by molar-refractivity contribution is -0.0149. The van der Waals surface area contributed by atoms with Crippen molar-refractivity contribution in [3.05, 3.63) is 35.4 Å². The van der Waals surface area contributed by atoms with Crippen LogP contribution in [0.2, 0.25) is 0 Å². The van der Waals surface area contributed by atoms with Gasteiger partial charge in [-0.05, 0) is 38.5 Å². The first-order valence-electron chi connectivity index (χ1n) is 5.84. The molecule has 2 nitrogen and oxygen atoms in total. The second-order valence-corrected chi connectivity index (χ2v) is 4.88. The summed E-state index contributed by atoms with van der Waals surface area (Å²) in [6.07, 6.45) is 0.517. The maximum absolute atomic E-state index is 8.65. The third-order valence-corrected chi connectivity index (χ3v) is 2.07. The number of benzene rings is 1. The fraction of sp³-hybridized carbons (Fsp3) is 0.467. The molecule has 1 aromatic rings. The summed E-state index contributed by atoms with van der Waals surface area (Å²) in [5.74, 6) is 5.93. The lowest BCUT2D eigenvalue weighted by Gasteiger charge is -2.19. The molecular formula is C15H20O2. The van der Waals surface area contributed by atoms with Gasteiger partial charge >= 0.3 is 0 Å². The number of ether oxygens (including phenoxy) is 1. The molecule has 92 valence electrons. The summed E-state index contributed by atoms with van der Waals surface area (Å²) >= 11 is 0. The quantitative estimate of drug-likeness (QED) is 0.812. The van der Waals surface area contributed by atoms with Gasteiger partial charge in [0.05, 0.1) is 18.8 Å². The Morgan fingerprint density at radius 1 is 1.29 bits per heavy atom. The van der Waals surface area contributed by atoms with E-state index in [0.29, 0.717) is 13.0 Å². The van der Waals surface area contributed by atoms with Gasteiger partial charge in [-0.3, -0.25) is 0 Å². The lowest BCUT2D eigenvalue weighted by atomic mass is 10.1. The molecule has 0 fully saturated rings. The average molecular weight is 232 g/mol. The van der Waals surface area contributed by atoms with Crippen molar-refractivity contribution in [3.8, 4) is 11.8 Å². The summed E-state index contributed by atoms with van der Waals surface area (Å²) in [5.41, 5.74) is 1.96. The summed E-state index contributed by atoms with van der Waals surface area (Å²) in [6.45, 7) is 6.83. The van der Waals surface area contributed by atoms with E-state index in [9.17, 15) is 0 Å². The van der Waals surface area contributed by atoms with Crippen LogP contribution in [0.1, 0.15) is 38.3 Å². The molecule has 1 aromatic carbocycles. The highest BCUT2D eigenvalue weighted by atomic mass is 16.5. The van der Waals surface area contributed by atoms with Gasteiger partial charge in [0.1, 0.15) is 0 Å². The van der Waals surface area contributed by atoms with Crippen LogP contribution in [0.25, 0.3) is 0 Å². The molecule has 1 rings (SSSR count). The zero-order valence-electron chi connectivity index (χ0n) is 10.8. The summed E-state index contributed by atoms with van der Waals surface area (Å²) < 4.78 is 5.71. The second-order valence-electron chi connectivity index (χ2n) is 4.88. The third-order valence-electron chi connectivity index (χ3n) is 2.07. The Morgan fingerprint density at radius 3 is 2.71 bits per heavy atom. The molecule has 0 aliphatic rings. The molecule has 2 heteroatoms. The molecule has 0 amide bonds. The van der Waals surface area contributed by atoms with Crippen LogP contribution in [0.15, 0.2) is 24.3 Å². The fourth-order valence-corrected chi connectivity index (χ4v) is 1.26. The largest absolute Gasteiger partial charge is 0.395 e. The molecule has 1 N–H and O–H groups in total. The van der Waals surface area contributed by atoms with E-state index in [1.165, 1.54) is 0 Å². The molecule has 0 aliphatic carbocycles. The Balaban J connectivity index is 2.64. The maximum Gasteiger partial charge on any atom is 0.0724 e. The van der Waals surface area contributed by atoms with Crippen molar-refractivity contribution in [1.82, 2.24) is 0 Å². The molecule has 0 aliphatic heterocycles. The number of aliphatic hydroxyl groups is 1. The smallest absolute Gasteiger partial charge is 0.0724 e. The third kappa shape index (κ3) is 6.11. The Morgan fingerprint density at radius 2 is 2.06 bits per heavy atom. The van der Waals surface area contributed by atoms with Crippen molar-refractivity contribution in [3.63, 3.8) is 0 Å². The molecule has 0 spiro atoms. The van der Waals surface area contributed by atoms with E-state index in [1.807, 2.05) is 45.0 Å². The summed E-state index contributed by atoms with van der Waals surface area (Å²) in [4.78, 5) is 0. The van der Waals surface area contributed by atoms with Gasteiger partial charge in [0.25, 0.3) is 0 Å². The lowest BCUT2D eigenvalue weighted by Crippen LogP contribution is -2.18. The van der Waals surface area contributed by atoms with Gasteiger partial charge < -0.3 is 9.84 Å². The van der Waals surface area contributed by atoms with Crippen LogP contribution >= 0.6 is 0 Å². The van der Waals surface area contributed by atoms with Gasteiger partial charge in [0, 0.05) is 12.0 Å². The molecule has 0 aromatic heterocycles. The minimum absolute atomic E-state index is 0.111. The minimum atomic E-state index is -0.126. The number of hydrogen-bond acceptors (Lipinski definition) is 2. The van der Waals surface area contributed by atoms with Crippen molar-refractivity contribution in [2.45, 2.75) is 39.4 Å². The van der Waals surface area contributed by atoms with Crippen molar-refractivity contribution < 1.29 is 9.84 Å². The minimum Gasteiger partial charge on any atom is -0.395 e. The summed E-state index contributed by atoms with van der Waals surface area (Å²) in [5, 5.41) is 8.65. The van der Waals surface area contributed by atoms with Crippen LogP contribution in [0, 0.1) is 11.8 Å². The van der Waals surface area contributed by atoms with Crippen LogP contribution < -0.4 is 0 Å². The molecule has 17 heavy (non-hydrogen) atoms. The van der Waals surface area contributed by atoms with E-state index in [0.717, 1.165) is 11.1 Å². The van der Waals surface area contributed by atoms with E-state index in [-0.39, 0.29) is 12.2 Å². The van der Waals surface area contributed by atoms with Crippen LogP contribution in [0.5, 0.6) is 0 Å². The standard InChI is InChI=1S/C15H20O2/c1-15(2,3)17-12-14-9-6-8-13(11-14)7-4-5-10-16/h6,8-9,11,16H,5,10,12H2,1-3H3. The molecule has 0 atom stereocenters. The highest BCUT2D eigenvalue weighted by molar-refractivity contribution is 5.36. The SMILES string of the molecule is CC(C)(C)OCc1cccc(C#CCCO)c1. The van der Waals surface area contributed by atoms with Crippen molar-refractivity contribution in [2.75, 3.05) is 6.61 Å². The van der Waals surface area contributed by atoms with Gasteiger partial charge in [0.15, 0.2) is 0 Å². The molecule has 0 unspecified atom stereocenters. The summed E-state index contributed by atoms with van der Waals surface area (Å²) in [7, 11) is 0. The van der Waals surface area contributed by atoms with E-state index >= 15 is 0 Å². The van der Waals surface area contributed by atoms with Crippen LogP contribution in [-0.2, 0) is 11.3 Å².